The van der Waals surface area contributed by atoms with Crippen LogP contribution in [0.4, 0.5) is 0 Å². The molecule has 0 atom stereocenters. The standard InChI is InChI=1S/C19H21NO4/c1-22-16-6-3-2-5-15(16)13-20-19(21)12-14-7-8-17-18(11-14)24-10-4-9-23-17/h2-3,5-8,11H,4,9-10,12-13H2,1H3,(H,20,21). The van der Waals surface area contributed by atoms with Crippen molar-refractivity contribution >= 4 is 5.91 Å². The molecule has 5 heteroatoms. The molecular weight excluding hydrogens is 306 g/mol. The van der Waals surface area contributed by atoms with Crippen LogP contribution in [0.2, 0.25) is 0 Å². The van der Waals surface area contributed by atoms with Crippen LogP contribution in [0.25, 0.3) is 0 Å². The largest absolute Gasteiger partial charge is 0.496 e. The average molecular weight is 327 g/mol. The third kappa shape index (κ3) is 3.98. The van der Waals surface area contributed by atoms with Gasteiger partial charge in [0.25, 0.3) is 0 Å². The maximum Gasteiger partial charge on any atom is 0.224 e. The lowest BCUT2D eigenvalue weighted by atomic mass is 10.1. The van der Waals surface area contributed by atoms with Crippen LogP contribution in [0.3, 0.4) is 0 Å². The lowest BCUT2D eigenvalue weighted by Gasteiger charge is -2.11. The lowest BCUT2D eigenvalue weighted by Crippen LogP contribution is -2.24. The van der Waals surface area contributed by atoms with Gasteiger partial charge in [-0.2, -0.15) is 0 Å². The zero-order chi connectivity index (χ0) is 16.8. The maximum absolute atomic E-state index is 12.2. The first-order valence-electron chi connectivity index (χ1n) is 8.03. The van der Waals surface area contributed by atoms with Crippen LogP contribution in [0.15, 0.2) is 42.5 Å². The van der Waals surface area contributed by atoms with Gasteiger partial charge in [0, 0.05) is 18.5 Å². The second-order valence-electron chi connectivity index (χ2n) is 5.60. The molecule has 24 heavy (non-hydrogen) atoms. The zero-order valence-corrected chi connectivity index (χ0v) is 13.7. The molecule has 1 N–H and O–H groups in total. The van der Waals surface area contributed by atoms with Crippen molar-refractivity contribution in [2.45, 2.75) is 19.4 Å². The number of para-hydroxylation sites is 1. The van der Waals surface area contributed by atoms with Crippen molar-refractivity contribution in [2.24, 2.45) is 0 Å². The number of hydrogen-bond acceptors (Lipinski definition) is 4. The molecular formula is C19H21NO4. The minimum atomic E-state index is -0.0459. The molecule has 1 amide bonds. The molecule has 1 aliphatic rings. The molecule has 2 aromatic carbocycles. The first-order valence-corrected chi connectivity index (χ1v) is 8.03. The lowest BCUT2D eigenvalue weighted by molar-refractivity contribution is -0.120. The molecule has 5 nitrogen and oxygen atoms in total. The highest BCUT2D eigenvalue weighted by molar-refractivity contribution is 5.78. The van der Waals surface area contributed by atoms with Gasteiger partial charge in [0.2, 0.25) is 5.91 Å². The van der Waals surface area contributed by atoms with E-state index in [9.17, 15) is 4.79 Å². The highest BCUT2D eigenvalue weighted by atomic mass is 16.5. The summed E-state index contributed by atoms with van der Waals surface area (Å²) in [6.07, 6.45) is 1.16. The zero-order valence-electron chi connectivity index (χ0n) is 13.7. The fourth-order valence-electron chi connectivity index (χ4n) is 2.61. The van der Waals surface area contributed by atoms with E-state index in [4.69, 9.17) is 14.2 Å². The van der Waals surface area contributed by atoms with Crippen LogP contribution in [-0.2, 0) is 17.8 Å². The summed E-state index contributed by atoms with van der Waals surface area (Å²) in [6.45, 7) is 1.73. The number of fused-ring (bicyclic) bond motifs is 1. The Morgan fingerprint density at radius 3 is 2.75 bits per heavy atom. The van der Waals surface area contributed by atoms with Gasteiger partial charge in [-0.25, -0.2) is 0 Å². The maximum atomic E-state index is 12.2. The van der Waals surface area contributed by atoms with E-state index < -0.39 is 0 Å². The van der Waals surface area contributed by atoms with Crippen molar-refractivity contribution in [3.63, 3.8) is 0 Å². The smallest absolute Gasteiger partial charge is 0.224 e. The molecule has 1 aliphatic heterocycles. The highest BCUT2D eigenvalue weighted by Gasteiger charge is 2.12. The molecule has 0 fully saturated rings. The molecule has 126 valence electrons. The van der Waals surface area contributed by atoms with Gasteiger partial charge in [-0.1, -0.05) is 24.3 Å². The number of hydrogen-bond donors (Lipinski definition) is 1. The van der Waals surface area contributed by atoms with Gasteiger partial charge >= 0.3 is 0 Å². The topological polar surface area (TPSA) is 56.8 Å². The Kier molecular flexibility index (Phi) is 5.21. The van der Waals surface area contributed by atoms with E-state index in [1.807, 2.05) is 42.5 Å². The fourth-order valence-corrected chi connectivity index (χ4v) is 2.61. The Morgan fingerprint density at radius 1 is 1.12 bits per heavy atom. The van der Waals surface area contributed by atoms with Gasteiger partial charge in [-0.05, 0) is 23.8 Å². The van der Waals surface area contributed by atoms with Crippen molar-refractivity contribution in [3.05, 3.63) is 53.6 Å². The van der Waals surface area contributed by atoms with Gasteiger partial charge in [0.15, 0.2) is 11.5 Å². The summed E-state index contributed by atoms with van der Waals surface area (Å²) in [5.41, 5.74) is 1.85. The summed E-state index contributed by atoms with van der Waals surface area (Å²) in [5, 5.41) is 2.92. The Labute approximate surface area is 141 Å². The molecule has 0 saturated heterocycles. The van der Waals surface area contributed by atoms with E-state index in [1.165, 1.54) is 0 Å². The SMILES string of the molecule is COc1ccccc1CNC(=O)Cc1ccc2c(c1)OCCCO2. The number of methoxy groups -OCH3 is 1. The van der Waals surface area contributed by atoms with Crippen molar-refractivity contribution < 1.29 is 19.0 Å². The van der Waals surface area contributed by atoms with Crippen LogP contribution in [0, 0.1) is 0 Å². The molecule has 2 aromatic rings. The van der Waals surface area contributed by atoms with Gasteiger partial charge in [-0.15, -0.1) is 0 Å². The van der Waals surface area contributed by atoms with Crippen molar-refractivity contribution in [3.8, 4) is 17.2 Å². The summed E-state index contributed by atoms with van der Waals surface area (Å²) in [4.78, 5) is 12.2. The van der Waals surface area contributed by atoms with Gasteiger partial charge in [0.1, 0.15) is 5.75 Å². The number of amides is 1. The first-order chi connectivity index (χ1) is 11.8. The monoisotopic (exact) mass is 327 g/mol. The Morgan fingerprint density at radius 2 is 1.92 bits per heavy atom. The van der Waals surface area contributed by atoms with Gasteiger partial charge < -0.3 is 19.5 Å². The first kappa shape index (κ1) is 16.2. The van der Waals surface area contributed by atoms with Gasteiger partial charge in [-0.3, -0.25) is 4.79 Å². The van der Waals surface area contributed by atoms with E-state index in [0.29, 0.717) is 31.9 Å². The van der Waals surface area contributed by atoms with E-state index in [2.05, 4.69) is 5.32 Å². The molecule has 1 heterocycles. The van der Waals surface area contributed by atoms with Crippen molar-refractivity contribution in [1.29, 1.82) is 0 Å². The third-order valence-electron chi connectivity index (χ3n) is 3.85. The Balaban J connectivity index is 1.60. The molecule has 0 saturated carbocycles. The number of nitrogens with one attached hydrogen (secondary N) is 1. The number of ether oxygens (including phenoxy) is 3. The third-order valence-corrected chi connectivity index (χ3v) is 3.85. The fraction of sp³-hybridized carbons (Fsp3) is 0.316. The van der Waals surface area contributed by atoms with Crippen LogP contribution in [0.1, 0.15) is 17.5 Å². The van der Waals surface area contributed by atoms with Crippen LogP contribution < -0.4 is 19.5 Å². The molecule has 0 unspecified atom stereocenters. The van der Waals surface area contributed by atoms with E-state index in [1.54, 1.807) is 7.11 Å². The van der Waals surface area contributed by atoms with Crippen molar-refractivity contribution in [1.82, 2.24) is 5.32 Å². The minimum Gasteiger partial charge on any atom is -0.496 e. The molecule has 0 spiro atoms. The quantitative estimate of drug-likeness (QED) is 0.917. The second-order valence-corrected chi connectivity index (χ2v) is 5.60. The second kappa shape index (κ2) is 7.73. The predicted octanol–water partition coefficient (Wildman–Crippen LogP) is 2.72. The van der Waals surface area contributed by atoms with Gasteiger partial charge in [0.05, 0.1) is 26.7 Å². The van der Waals surface area contributed by atoms with E-state index in [0.717, 1.165) is 29.0 Å². The number of rotatable bonds is 5. The molecule has 0 radical (unpaired) electrons. The Hall–Kier alpha value is -2.69. The molecule has 0 bridgehead atoms. The van der Waals surface area contributed by atoms with Crippen molar-refractivity contribution in [2.75, 3.05) is 20.3 Å². The summed E-state index contributed by atoms with van der Waals surface area (Å²) >= 11 is 0. The summed E-state index contributed by atoms with van der Waals surface area (Å²) in [5.74, 6) is 2.18. The molecule has 3 rings (SSSR count). The normalized spacial score (nSPS) is 13.0. The minimum absolute atomic E-state index is 0.0459. The molecule has 0 aromatic heterocycles. The van der Waals surface area contributed by atoms with Crippen LogP contribution in [0.5, 0.6) is 17.2 Å². The Bertz CT molecular complexity index is 714. The van der Waals surface area contributed by atoms with E-state index >= 15 is 0 Å². The number of benzene rings is 2. The highest BCUT2D eigenvalue weighted by Crippen LogP contribution is 2.30. The summed E-state index contributed by atoms with van der Waals surface area (Å²) in [6, 6.07) is 13.3. The van der Waals surface area contributed by atoms with Crippen LogP contribution in [-0.4, -0.2) is 26.2 Å². The summed E-state index contributed by atoms with van der Waals surface area (Å²) < 4.78 is 16.5. The molecule has 0 aliphatic carbocycles. The number of carbonyl (C=O) groups excluding carboxylic acids is 1. The number of carbonyl (C=O) groups is 1. The van der Waals surface area contributed by atoms with Crippen LogP contribution >= 0.6 is 0 Å². The van der Waals surface area contributed by atoms with E-state index in [-0.39, 0.29) is 5.91 Å². The predicted molar refractivity (Wildman–Crippen MR) is 90.6 cm³/mol. The average Bonchev–Trinajstić information content (AvgIpc) is 2.85. The summed E-state index contributed by atoms with van der Waals surface area (Å²) in [7, 11) is 1.62.